The molecule has 24 heavy (non-hydrogen) atoms. The molecule has 0 bridgehead atoms. The number of hydrogen-bond donors (Lipinski definition) is 0. The molecule has 0 aromatic rings. The summed E-state index contributed by atoms with van der Waals surface area (Å²) in [6, 6.07) is 0. The lowest BCUT2D eigenvalue weighted by Gasteiger charge is -2.13. The highest BCUT2D eigenvalue weighted by molar-refractivity contribution is 14.2. The Morgan fingerprint density at radius 3 is 1.54 bits per heavy atom. The van der Waals surface area contributed by atoms with E-state index in [1.165, 1.54) is 100 Å². The van der Waals surface area contributed by atoms with E-state index in [1.807, 2.05) is 6.92 Å². The van der Waals surface area contributed by atoms with Crippen molar-refractivity contribution >= 4 is 55.4 Å². The Bertz CT molecular complexity index is 290. The van der Waals surface area contributed by atoms with E-state index in [-0.39, 0.29) is 0 Å². The molecule has 0 heterocycles. The molecule has 144 valence electrons. The van der Waals surface area contributed by atoms with Crippen molar-refractivity contribution in [3.8, 4) is 0 Å². The molecular formula is C20H40I2OSi. The highest BCUT2D eigenvalue weighted by Gasteiger charge is 2.12. The van der Waals surface area contributed by atoms with Gasteiger partial charge in [0.25, 0.3) is 0 Å². The Kier molecular flexibility index (Phi) is 18.8. The third-order valence-electron chi connectivity index (χ3n) is 4.25. The molecule has 4 heteroatoms. The van der Waals surface area contributed by atoms with Gasteiger partial charge in [-0.15, -0.1) is 0 Å². The summed E-state index contributed by atoms with van der Waals surface area (Å²) in [6.45, 7) is 7.51. The summed E-state index contributed by atoms with van der Waals surface area (Å²) in [7, 11) is 1.31. The first-order chi connectivity index (χ1) is 11.4. The van der Waals surface area contributed by atoms with E-state index in [1.54, 1.807) is 0 Å². The SMILES string of the molecule is C=C(C)COCCCCCCCCCCCCCCCC([SiH3])(I)I. The van der Waals surface area contributed by atoms with E-state index in [4.69, 9.17) is 4.74 Å². The fraction of sp³-hybridized carbons (Fsp3) is 0.900. The smallest absolute Gasteiger partial charge is 0.0671 e. The van der Waals surface area contributed by atoms with Gasteiger partial charge in [-0.25, -0.2) is 0 Å². The average molecular weight is 578 g/mol. The lowest BCUT2D eigenvalue weighted by molar-refractivity contribution is 0.151. The molecule has 0 aromatic heterocycles. The monoisotopic (exact) mass is 578 g/mol. The number of ether oxygens (including phenoxy) is 1. The fourth-order valence-electron chi connectivity index (χ4n) is 2.83. The third-order valence-corrected chi connectivity index (χ3v) is 5.83. The maximum atomic E-state index is 5.52. The third kappa shape index (κ3) is 23.4. The van der Waals surface area contributed by atoms with Crippen molar-refractivity contribution in [3.05, 3.63) is 12.2 Å². The molecule has 0 amide bonds. The standard InChI is InChI=1S/C20H40I2OSi/c1-19(2)18-23-17-15-13-11-9-7-5-3-4-6-8-10-12-14-16-20(21,22)24/h1,3-18H2,2,24H3. The Morgan fingerprint density at radius 1 is 0.792 bits per heavy atom. The van der Waals surface area contributed by atoms with Crippen LogP contribution in [0.25, 0.3) is 0 Å². The minimum Gasteiger partial charge on any atom is -0.377 e. The molecule has 0 N–H and O–H groups in total. The minimum absolute atomic E-state index is 0.604. The average Bonchev–Trinajstić information content (AvgIpc) is 2.49. The number of unbranched alkanes of at least 4 members (excludes halogenated alkanes) is 12. The van der Waals surface area contributed by atoms with Gasteiger partial charge >= 0.3 is 0 Å². The van der Waals surface area contributed by atoms with Gasteiger partial charge < -0.3 is 4.74 Å². The zero-order valence-corrected chi connectivity index (χ0v) is 22.5. The molecule has 0 saturated carbocycles. The first-order valence-corrected chi connectivity index (χ1v) is 13.2. The molecule has 1 nitrogen and oxygen atoms in total. The van der Waals surface area contributed by atoms with Gasteiger partial charge in [0.15, 0.2) is 0 Å². The Morgan fingerprint density at radius 2 is 1.17 bits per heavy atom. The normalized spacial score (nSPS) is 12.0. The van der Waals surface area contributed by atoms with E-state index in [0.717, 1.165) is 18.8 Å². The molecule has 0 spiro atoms. The topological polar surface area (TPSA) is 9.23 Å². The van der Waals surface area contributed by atoms with Gasteiger partial charge in [-0.3, -0.25) is 0 Å². The highest BCUT2D eigenvalue weighted by Crippen LogP contribution is 2.29. The molecular weight excluding hydrogens is 538 g/mol. The summed E-state index contributed by atoms with van der Waals surface area (Å²) in [5, 5.41) is 0. The summed E-state index contributed by atoms with van der Waals surface area (Å²) in [5.41, 5.74) is 1.13. The molecule has 0 rings (SSSR count). The molecule has 0 saturated heterocycles. The summed E-state index contributed by atoms with van der Waals surface area (Å²) in [4.78, 5) is 0. The molecule has 0 radical (unpaired) electrons. The fourth-order valence-corrected chi connectivity index (χ4v) is 3.95. The summed E-state index contributed by atoms with van der Waals surface area (Å²) >= 11 is 5.24. The van der Waals surface area contributed by atoms with Crippen molar-refractivity contribution in [2.24, 2.45) is 0 Å². The van der Waals surface area contributed by atoms with Crippen LogP contribution in [0.2, 0.25) is 0 Å². The van der Waals surface area contributed by atoms with Crippen LogP contribution in [0.1, 0.15) is 96.8 Å². The number of rotatable bonds is 18. The van der Waals surface area contributed by atoms with Gasteiger partial charge in [0, 0.05) is 16.8 Å². The van der Waals surface area contributed by atoms with E-state index in [0.29, 0.717) is 1.05 Å². The highest BCUT2D eigenvalue weighted by atomic mass is 127. The second-order valence-corrected chi connectivity index (χ2v) is 20.0. The summed E-state index contributed by atoms with van der Waals surface area (Å²) in [5.74, 6) is 0. The van der Waals surface area contributed by atoms with Gasteiger partial charge in [-0.1, -0.05) is 134 Å². The van der Waals surface area contributed by atoms with E-state index in [9.17, 15) is 0 Å². The van der Waals surface area contributed by atoms with Crippen molar-refractivity contribution in [2.45, 2.75) is 97.9 Å². The quantitative estimate of drug-likeness (QED) is 0.0564. The predicted molar refractivity (Wildman–Crippen MR) is 131 cm³/mol. The van der Waals surface area contributed by atoms with Gasteiger partial charge in [-0.05, 0) is 19.8 Å². The number of hydrogen-bond acceptors (Lipinski definition) is 1. The molecule has 0 aliphatic carbocycles. The maximum absolute atomic E-state index is 5.52. The molecule has 0 aliphatic heterocycles. The largest absolute Gasteiger partial charge is 0.377 e. The Labute approximate surface area is 182 Å². The Balaban J connectivity index is 3.04. The van der Waals surface area contributed by atoms with Crippen LogP contribution in [0.5, 0.6) is 0 Å². The zero-order chi connectivity index (χ0) is 18.1. The first kappa shape index (κ1) is 25.4. The maximum Gasteiger partial charge on any atom is 0.0671 e. The van der Waals surface area contributed by atoms with Crippen molar-refractivity contribution in [1.82, 2.24) is 0 Å². The predicted octanol–water partition coefficient (Wildman–Crippen LogP) is 6.93. The summed E-state index contributed by atoms with van der Waals surface area (Å²) < 4.78 is 6.12. The van der Waals surface area contributed by atoms with E-state index in [2.05, 4.69) is 51.8 Å². The molecule has 0 atom stereocenters. The van der Waals surface area contributed by atoms with Gasteiger partial charge in [0.05, 0.1) is 7.66 Å². The Hall–Kier alpha value is 1.38. The van der Waals surface area contributed by atoms with Gasteiger partial charge in [0.2, 0.25) is 0 Å². The van der Waals surface area contributed by atoms with Crippen molar-refractivity contribution < 1.29 is 4.74 Å². The lowest BCUT2D eigenvalue weighted by atomic mass is 10.0. The van der Waals surface area contributed by atoms with Crippen molar-refractivity contribution in [1.29, 1.82) is 0 Å². The molecule has 0 aromatic carbocycles. The van der Waals surface area contributed by atoms with E-state index < -0.39 is 0 Å². The number of halogens is 2. The van der Waals surface area contributed by atoms with Crippen molar-refractivity contribution in [3.63, 3.8) is 0 Å². The van der Waals surface area contributed by atoms with Crippen LogP contribution in [0, 0.1) is 0 Å². The molecule has 0 fully saturated rings. The van der Waals surface area contributed by atoms with E-state index >= 15 is 0 Å². The van der Waals surface area contributed by atoms with Crippen molar-refractivity contribution in [2.75, 3.05) is 13.2 Å². The van der Waals surface area contributed by atoms with Gasteiger partial charge in [-0.2, -0.15) is 0 Å². The van der Waals surface area contributed by atoms with Crippen LogP contribution in [0.4, 0.5) is 0 Å². The van der Waals surface area contributed by atoms with Crippen LogP contribution < -0.4 is 0 Å². The first-order valence-electron chi connectivity index (χ1n) is 10.0. The minimum atomic E-state index is 0.604. The molecule has 0 aliphatic rings. The van der Waals surface area contributed by atoms with Crippen LogP contribution in [0.3, 0.4) is 0 Å². The van der Waals surface area contributed by atoms with Crippen LogP contribution in [-0.2, 0) is 4.74 Å². The van der Waals surface area contributed by atoms with Crippen LogP contribution in [0.15, 0.2) is 12.2 Å². The second-order valence-electron chi connectivity index (χ2n) is 7.43. The van der Waals surface area contributed by atoms with Gasteiger partial charge in [0.1, 0.15) is 0 Å². The lowest BCUT2D eigenvalue weighted by Crippen LogP contribution is -2.08. The van der Waals surface area contributed by atoms with Crippen LogP contribution in [-0.4, -0.2) is 24.5 Å². The zero-order valence-electron chi connectivity index (χ0n) is 16.2. The van der Waals surface area contributed by atoms with Crippen LogP contribution >= 0.6 is 45.2 Å². The second kappa shape index (κ2) is 17.8. The summed E-state index contributed by atoms with van der Waals surface area (Å²) in [6.07, 6.45) is 19.8. The number of alkyl halides is 2. The molecule has 0 unspecified atom stereocenters.